The molecule has 0 unspecified atom stereocenters. The van der Waals surface area contributed by atoms with Crippen LogP contribution in [0.3, 0.4) is 0 Å². The number of ether oxygens (including phenoxy) is 2. The fourth-order valence-electron chi connectivity index (χ4n) is 3.88. The van der Waals surface area contributed by atoms with E-state index in [2.05, 4.69) is 51.7 Å². The van der Waals surface area contributed by atoms with Crippen LogP contribution in [-0.4, -0.2) is 54.6 Å². The van der Waals surface area contributed by atoms with E-state index in [1.807, 2.05) is 0 Å². The first-order valence-electron chi connectivity index (χ1n) is 10.1. The van der Waals surface area contributed by atoms with Gasteiger partial charge in [0.1, 0.15) is 18.0 Å². The summed E-state index contributed by atoms with van der Waals surface area (Å²) in [6, 6.07) is 4.73. The summed E-state index contributed by atoms with van der Waals surface area (Å²) in [6.07, 6.45) is 4.67. The van der Waals surface area contributed by atoms with Crippen LogP contribution in [0.2, 0.25) is 0 Å². The number of benzene rings is 1. The van der Waals surface area contributed by atoms with Gasteiger partial charge in [0.25, 0.3) is 0 Å². The van der Waals surface area contributed by atoms with E-state index in [-0.39, 0.29) is 6.61 Å². The molecule has 0 aliphatic carbocycles. The van der Waals surface area contributed by atoms with Crippen LogP contribution in [0.15, 0.2) is 12.1 Å². The molecule has 1 aromatic carbocycles. The van der Waals surface area contributed by atoms with Crippen LogP contribution in [0.1, 0.15) is 56.2 Å². The van der Waals surface area contributed by atoms with Crippen molar-refractivity contribution in [2.24, 2.45) is 0 Å². The van der Waals surface area contributed by atoms with Gasteiger partial charge in [-0.2, -0.15) is 0 Å². The SMILES string of the molecule is CCCC(CCC)N1CCOC[C@](O)(COc2cc(C)cc(C)c2C)C1. The van der Waals surface area contributed by atoms with Crippen LogP contribution in [0.4, 0.5) is 0 Å². The van der Waals surface area contributed by atoms with Gasteiger partial charge in [0.2, 0.25) is 0 Å². The first-order chi connectivity index (χ1) is 12.4. The largest absolute Gasteiger partial charge is 0.490 e. The minimum atomic E-state index is -0.972. The molecule has 2 rings (SSSR count). The standard InChI is InChI=1S/C22H37NO3/c1-6-8-20(9-7-2)23-10-11-25-15-22(24,14-23)16-26-21-13-17(3)12-18(4)19(21)5/h12-13,20,24H,6-11,14-16H2,1-5H3/t22-/m0/s1. The molecule has 26 heavy (non-hydrogen) atoms. The molecule has 0 bridgehead atoms. The van der Waals surface area contributed by atoms with Crippen LogP contribution < -0.4 is 4.74 Å². The number of rotatable bonds is 8. The third-order valence-corrected chi connectivity index (χ3v) is 5.41. The van der Waals surface area contributed by atoms with Gasteiger partial charge in [-0.1, -0.05) is 32.8 Å². The van der Waals surface area contributed by atoms with E-state index in [9.17, 15) is 5.11 Å². The first kappa shape index (κ1) is 21.2. The second-order valence-corrected chi connectivity index (χ2v) is 7.97. The molecule has 1 atom stereocenters. The van der Waals surface area contributed by atoms with Crippen LogP contribution in [0.5, 0.6) is 5.75 Å². The summed E-state index contributed by atoms with van der Waals surface area (Å²) in [6.45, 7) is 13.5. The van der Waals surface area contributed by atoms with E-state index in [4.69, 9.17) is 9.47 Å². The van der Waals surface area contributed by atoms with Crippen molar-refractivity contribution in [1.29, 1.82) is 0 Å². The van der Waals surface area contributed by atoms with Crippen molar-refractivity contribution in [2.45, 2.75) is 71.9 Å². The molecule has 1 N–H and O–H groups in total. The second-order valence-electron chi connectivity index (χ2n) is 7.97. The van der Waals surface area contributed by atoms with Crippen molar-refractivity contribution in [3.05, 3.63) is 28.8 Å². The van der Waals surface area contributed by atoms with Crippen LogP contribution in [0, 0.1) is 20.8 Å². The van der Waals surface area contributed by atoms with Gasteiger partial charge >= 0.3 is 0 Å². The minimum absolute atomic E-state index is 0.262. The summed E-state index contributed by atoms with van der Waals surface area (Å²) in [7, 11) is 0. The fraction of sp³-hybridized carbons (Fsp3) is 0.727. The van der Waals surface area contributed by atoms with Crippen molar-refractivity contribution in [3.63, 3.8) is 0 Å². The van der Waals surface area contributed by atoms with Crippen molar-refractivity contribution in [3.8, 4) is 5.75 Å². The number of nitrogens with zero attached hydrogens (tertiary/aromatic N) is 1. The van der Waals surface area contributed by atoms with E-state index in [1.54, 1.807) is 0 Å². The van der Waals surface area contributed by atoms with Gasteiger partial charge in [-0.25, -0.2) is 0 Å². The molecule has 4 heteroatoms. The van der Waals surface area contributed by atoms with Gasteiger partial charge in [-0.3, -0.25) is 4.90 Å². The molecule has 1 aromatic rings. The van der Waals surface area contributed by atoms with Crippen LogP contribution in [0.25, 0.3) is 0 Å². The molecule has 148 valence electrons. The van der Waals surface area contributed by atoms with E-state index >= 15 is 0 Å². The van der Waals surface area contributed by atoms with E-state index < -0.39 is 5.60 Å². The third-order valence-electron chi connectivity index (χ3n) is 5.41. The molecule has 1 fully saturated rings. The number of β-amino-alcohol motifs (C(OH)–C–C–N with tert-alkyl or cyclic N) is 1. The highest BCUT2D eigenvalue weighted by Crippen LogP contribution is 2.26. The lowest BCUT2D eigenvalue weighted by atomic mass is 10.0. The summed E-state index contributed by atoms with van der Waals surface area (Å²) in [5.41, 5.74) is 2.57. The lowest BCUT2D eigenvalue weighted by molar-refractivity contribution is -0.0677. The Bertz CT molecular complexity index is 569. The third kappa shape index (κ3) is 5.70. The molecule has 0 spiro atoms. The van der Waals surface area contributed by atoms with Gasteiger partial charge in [0.15, 0.2) is 0 Å². The molecule has 0 saturated carbocycles. The Morgan fingerprint density at radius 1 is 1.19 bits per heavy atom. The molecular formula is C22H37NO3. The Hall–Kier alpha value is -1.10. The van der Waals surface area contributed by atoms with Gasteiger partial charge in [0, 0.05) is 19.1 Å². The zero-order valence-electron chi connectivity index (χ0n) is 17.3. The van der Waals surface area contributed by atoms with E-state index in [0.717, 1.165) is 17.9 Å². The van der Waals surface area contributed by atoms with Gasteiger partial charge in [-0.05, 0) is 56.4 Å². The predicted octanol–water partition coefficient (Wildman–Crippen LogP) is 4.02. The van der Waals surface area contributed by atoms with Gasteiger partial charge < -0.3 is 14.6 Å². The summed E-state index contributed by atoms with van der Waals surface area (Å²) >= 11 is 0. The molecule has 1 heterocycles. The molecule has 1 saturated heterocycles. The molecular weight excluding hydrogens is 326 g/mol. The van der Waals surface area contributed by atoms with Crippen molar-refractivity contribution >= 4 is 0 Å². The summed E-state index contributed by atoms with van der Waals surface area (Å²) in [5, 5.41) is 11.2. The van der Waals surface area contributed by atoms with E-state index in [0.29, 0.717) is 25.8 Å². The highest BCUT2D eigenvalue weighted by atomic mass is 16.5. The normalized spacial score (nSPS) is 21.8. The average Bonchev–Trinajstić information content (AvgIpc) is 2.79. The monoisotopic (exact) mass is 363 g/mol. The van der Waals surface area contributed by atoms with E-state index in [1.165, 1.54) is 36.8 Å². The lowest BCUT2D eigenvalue weighted by Crippen LogP contribution is -2.51. The van der Waals surface area contributed by atoms with Crippen molar-refractivity contribution < 1.29 is 14.6 Å². The molecule has 1 aliphatic heterocycles. The van der Waals surface area contributed by atoms with Crippen molar-refractivity contribution in [1.82, 2.24) is 4.90 Å². The lowest BCUT2D eigenvalue weighted by Gasteiger charge is -2.35. The smallest absolute Gasteiger partial charge is 0.134 e. The molecule has 0 amide bonds. The zero-order valence-corrected chi connectivity index (χ0v) is 17.3. The fourth-order valence-corrected chi connectivity index (χ4v) is 3.88. The van der Waals surface area contributed by atoms with Gasteiger partial charge in [0.05, 0.1) is 13.2 Å². The average molecular weight is 364 g/mol. The summed E-state index contributed by atoms with van der Waals surface area (Å²) in [4.78, 5) is 2.41. The maximum absolute atomic E-state index is 11.2. The van der Waals surface area contributed by atoms with Gasteiger partial charge in [-0.15, -0.1) is 0 Å². The molecule has 0 radical (unpaired) electrons. The Kier molecular flexibility index (Phi) is 7.93. The summed E-state index contributed by atoms with van der Waals surface area (Å²) in [5.74, 6) is 0.866. The number of hydrogen-bond donors (Lipinski definition) is 1. The van der Waals surface area contributed by atoms with Crippen LogP contribution >= 0.6 is 0 Å². The highest BCUT2D eigenvalue weighted by Gasteiger charge is 2.35. The Morgan fingerprint density at radius 2 is 1.88 bits per heavy atom. The molecule has 0 aromatic heterocycles. The van der Waals surface area contributed by atoms with Crippen LogP contribution in [-0.2, 0) is 4.74 Å². The highest BCUT2D eigenvalue weighted by molar-refractivity contribution is 5.42. The molecule has 4 nitrogen and oxygen atoms in total. The Morgan fingerprint density at radius 3 is 2.54 bits per heavy atom. The van der Waals surface area contributed by atoms with Crippen molar-refractivity contribution in [2.75, 3.05) is 32.9 Å². The predicted molar refractivity (Wildman–Crippen MR) is 107 cm³/mol. The zero-order chi connectivity index (χ0) is 19.2. The maximum Gasteiger partial charge on any atom is 0.134 e. The topological polar surface area (TPSA) is 41.9 Å². The first-order valence-corrected chi connectivity index (χ1v) is 10.1. The Balaban J connectivity index is 2.08. The minimum Gasteiger partial charge on any atom is -0.490 e. The Labute approximate surface area is 159 Å². The second kappa shape index (κ2) is 9.72. The number of aryl methyl sites for hydroxylation is 2. The maximum atomic E-state index is 11.2. The molecule has 1 aliphatic rings. The number of aliphatic hydroxyl groups is 1. The summed E-state index contributed by atoms with van der Waals surface area (Å²) < 4.78 is 11.8. The number of hydrogen-bond acceptors (Lipinski definition) is 4. The quantitative estimate of drug-likeness (QED) is 0.757.